The van der Waals surface area contributed by atoms with Gasteiger partial charge in [0.1, 0.15) is 0 Å². The van der Waals surface area contributed by atoms with Gasteiger partial charge in [-0.1, -0.05) is 12.1 Å². The van der Waals surface area contributed by atoms with Crippen LogP contribution in [-0.2, 0) is 25.9 Å². The van der Waals surface area contributed by atoms with Gasteiger partial charge in [0.2, 0.25) is 10.0 Å². The summed E-state index contributed by atoms with van der Waals surface area (Å²) >= 11 is 5.64. The molecular weight excluding hydrogens is 302 g/mol. The summed E-state index contributed by atoms with van der Waals surface area (Å²) in [6.45, 7) is 1.68. The summed E-state index contributed by atoms with van der Waals surface area (Å²) in [5.74, 6) is 0.505. The lowest BCUT2D eigenvalue weighted by Gasteiger charge is -2.22. The maximum Gasteiger partial charge on any atom is 0.240 e. The van der Waals surface area contributed by atoms with Crippen LogP contribution in [-0.4, -0.2) is 40.8 Å². The van der Waals surface area contributed by atoms with E-state index in [-0.39, 0.29) is 4.90 Å². The second-order valence-electron chi connectivity index (χ2n) is 4.33. The normalized spacial score (nSPS) is 13.7. The van der Waals surface area contributed by atoms with Gasteiger partial charge in [0.05, 0.1) is 10.9 Å². The molecule has 0 amide bonds. The number of alkyl halides is 1. The van der Waals surface area contributed by atoms with Gasteiger partial charge in [0.15, 0.2) is 6.29 Å². The molecule has 5 nitrogen and oxygen atoms in total. The number of hydrogen-bond donors (Lipinski definition) is 1. The quantitative estimate of drug-likeness (QED) is 0.585. The molecule has 0 spiro atoms. The van der Waals surface area contributed by atoms with Crippen molar-refractivity contribution in [3.05, 3.63) is 29.8 Å². The number of halogens is 1. The molecule has 1 aromatic rings. The first-order chi connectivity index (χ1) is 9.44. The van der Waals surface area contributed by atoms with E-state index in [4.69, 9.17) is 21.1 Å². The van der Waals surface area contributed by atoms with E-state index in [2.05, 4.69) is 4.72 Å². The van der Waals surface area contributed by atoms with Crippen molar-refractivity contribution in [1.29, 1.82) is 0 Å². The average Bonchev–Trinajstić information content (AvgIpc) is 2.40. The van der Waals surface area contributed by atoms with Crippen LogP contribution >= 0.6 is 11.6 Å². The van der Waals surface area contributed by atoms with Crippen molar-refractivity contribution in [3.63, 3.8) is 0 Å². The second-order valence-corrected chi connectivity index (χ2v) is 6.42. The lowest BCUT2D eigenvalue weighted by Crippen LogP contribution is -2.42. The monoisotopic (exact) mass is 321 g/mol. The number of hydrogen-bond acceptors (Lipinski definition) is 4. The maximum atomic E-state index is 12.2. The van der Waals surface area contributed by atoms with Gasteiger partial charge in [0.25, 0.3) is 0 Å². The Morgan fingerprint density at radius 3 is 2.20 bits per heavy atom. The molecule has 114 valence electrons. The third kappa shape index (κ3) is 4.71. The smallest absolute Gasteiger partial charge is 0.240 e. The summed E-state index contributed by atoms with van der Waals surface area (Å²) in [6.07, 6.45) is 0.0708. The zero-order chi connectivity index (χ0) is 15.2. The van der Waals surface area contributed by atoms with Gasteiger partial charge in [-0.05, 0) is 31.0 Å². The molecule has 0 heterocycles. The van der Waals surface area contributed by atoms with Gasteiger partial charge in [-0.3, -0.25) is 0 Å². The van der Waals surface area contributed by atoms with Crippen LogP contribution in [0, 0.1) is 0 Å². The Balaban J connectivity index is 2.82. The third-order valence-corrected chi connectivity index (χ3v) is 4.59. The first-order valence-electron chi connectivity index (χ1n) is 6.17. The van der Waals surface area contributed by atoms with Gasteiger partial charge >= 0.3 is 0 Å². The number of nitrogens with one attached hydrogen (secondary N) is 1. The number of benzene rings is 1. The number of rotatable bonds is 8. The highest BCUT2D eigenvalue weighted by molar-refractivity contribution is 7.89. The molecule has 1 aromatic carbocycles. The van der Waals surface area contributed by atoms with Crippen molar-refractivity contribution in [1.82, 2.24) is 4.72 Å². The fraction of sp³-hybridized carbons (Fsp3) is 0.538. The molecule has 0 saturated carbocycles. The van der Waals surface area contributed by atoms with E-state index in [0.717, 1.165) is 5.56 Å². The van der Waals surface area contributed by atoms with Gasteiger partial charge in [-0.2, -0.15) is 0 Å². The molecule has 0 aliphatic carbocycles. The largest absolute Gasteiger partial charge is 0.354 e. The molecule has 1 atom stereocenters. The average molecular weight is 322 g/mol. The third-order valence-electron chi connectivity index (χ3n) is 2.83. The highest BCUT2D eigenvalue weighted by atomic mass is 35.5. The number of sulfonamides is 1. The van der Waals surface area contributed by atoms with Gasteiger partial charge in [0, 0.05) is 20.1 Å². The van der Waals surface area contributed by atoms with E-state index in [9.17, 15) is 8.42 Å². The molecule has 0 aliphatic heterocycles. The molecule has 0 bridgehead atoms. The first-order valence-corrected chi connectivity index (χ1v) is 8.19. The molecule has 7 heteroatoms. The van der Waals surface area contributed by atoms with Crippen molar-refractivity contribution in [2.24, 2.45) is 0 Å². The first kappa shape index (κ1) is 17.4. The zero-order valence-electron chi connectivity index (χ0n) is 11.8. The molecule has 20 heavy (non-hydrogen) atoms. The van der Waals surface area contributed by atoms with Crippen LogP contribution in [0.5, 0.6) is 0 Å². The molecule has 1 rings (SSSR count). The highest BCUT2D eigenvalue weighted by Crippen LogP contribution is 2.13. The van der Waals surface area contributed by atoms with E-state index < -0.39 is 22.4 Å². The Morgan fingerprint density at radius 1 is 1.20 bits per heavy atom. The lowest BCUT2D eigenvalue weighted by atomic mass is 10.2. The summed E-state index contributed by atoms with van der Waals surface area (Å²) in [5, 5.41) is 0. The fourth-order valence-corrected chi connectivity index (χ4v) is 3.27. The Kier molecular flexibility index (Phi) is 6.91. The minimum atomic E-state index is -3.60. The molecule has 1 N–H and O–H groups in total. The molecule has 0 aromatic heterocycles. The zero-order valence-corrected chi connectivity index (χ0v) is 13.4. The summed E-state index contributed by atoms with van der Waals surface area (Å²) < 4.78 is 37.0. The summed E-state index contributed by atoms with van der Waals surface area (Å²) in [5.41, 5.74) is 0.999. The molecule has 1 unspecified atom stereocenters. The van der Waals surface area contributed by atoms with E-state index in [1.54, 1.807) is 31.2 Å². The van der Waals surface area contributed by atoms with E-state index in [1.165, 1.54) is 14.2 Å². The van der Waals surface area contributed by atoms with Crippen LogP contribution in [0.25, 0.3) is 0 Å². The van der Waals surface area contributed by atoms with Crippen molar-refractivity contribution >= 4 is 21.6 Å². The van der Waals surface area contributed by atoms with Crippen LogP contribution < -0.4 is 4.72 Å². The topological polar surface area (TPSA) is 64.6 Å². The van der Waals surface area contributed by atoms with E-state index in [1.807, 2.05) is 0 Å². The number of aryl methyl sites for hydroxylation is 1. The molecule has 0 radical (unpaired) electrons. The SMILES string of the molecule is COC(OC)C(C)NS(=O)(=O)c1ccc(CCCl)cc1. The van der Waals surface area contributed by atoms with Crippen LogP contribution in [0.15, 0.2) is 29.2 Å². The summed E-state index contributed by atoms with van der Waals surface area (Å²) in [7, 11) is -0.683. The Hall–Kier alpha value is -0.660. The van der Waals surface area contributed by atoms with Crippen LogP contribution in [0.4, 0.5) is 0 Å². The van der Waals surface area contributed by atoms with Crippen molar-refractivity contribution in [2.75, 3.05) is 20.1 Å². The number of ether oxygens (including phenoxy) is 2. The minimum absolute atomic E-state index is 0.202. The second kappa shape index (κ2) is 7.95. The lowest BCUT2D eigenvalue weighted by molar-refractivity contribution is -0.115. The fourth-order valence-electron chi connectivity index (χ4n) is 1.82. The Labute approximate surface area is 125 Å². The molecular formula is C13H20ClNO4S. The Morgan fingerprint density at radius 2 is 1.75 bits per heavy atom. The van der Waals surface area contributed by atoms with Crippen LogP contribution in [0.2, 0.25) is 0 Å². The number of methoxy groups -OCH3 is 2. The molecule has 0 saturated heterocycles. The minimum Gasteiger partial charge on any atom is -0.354 e. The Bertz CT molecular complexity index is 500. The highest BCUT2D eigenvalue weighted by Gasteiger charge is 2.23. The van der Waals surface area contributed by atoms with Gasteiger partial charge in [-0.25, -0.2) is 13.1 Å². The van der Waals surface area contributed by atoms with Crippen molar-refractivity contribution < 1.29 is 17.9 Å². The van der Waals surface area contributed by atoms with Gasteiger partial charge < -0.3 is 9.47 Å². The van der Waals surface area contributed by atoms with E-state index >= 15 is 0 Å². The van der Waals surface area contributed by atoms with E-state index in [0.29, 0.717) is 12.3 Å². The standard InChI is InChI=1S/C13H20ClNO4S/c1-10(13(18-2)19-3)15-20(16,17)12-6-4-11(5-7-12)8-9-14/h4-7,10,13,15H,8-9H2,1-3H3. The van der Waals surface area contributed by atoms with Crippen molar-refractivity contribution in [3.8, 4) is 0 Å². The maximum absolute atomic E-state index is 12.2. The summed E-state index contributed by atoms with van der Waals surface area (Å²) in [4.78, 5) is 0.202. The summed E-state index contributed by atoms with van der Waals surface area (Å²) in [6, 6.07) is 6.13. The molecule has 0 fully saturated rings. The predicted molar refractivity (Wildman–Crippen MR) is 78.5 cm³/mol. The van der Waals surface area contributed by atoms with Crippen LogP contribution in [0.3, 0.4) is 0 Å². The van der Waals surface area contributed by atoms with Gasteiger partial charge in [-0.15, -0.1) is 11.6 Å². The van der Waals surface area contributed by atoms with Crippen LogP contribution in [0.1, 0.15) is 12.5 Å². The van der Waals surface area contributed by atoms with Crippen molar-refractivity contribution in [2.45, 2.75) is 30.6 Å². The molecule has 0 aliphatic rings. The predicted octanol–water partition coefficient (Wildman–Crippen LogP) is 1.75.